The first-order chi connectivity index (χ1) is 40.5. The molecule has 1 unspecified atom stereocenters. The number of esters is 3. The Morgan fingerprint density at radius 1 is 0.244 bits per heavy atom. The van der Waals surface area contributed by atoms with Gasteiger partial charge in [-0.05, 0) is 116 Å². The van der Waals surface area contributed by atoms with Crippen molar-refractivity contribution in [1.29, 1.82) is 0 Å². The summed E-state index contributed by atoms with van der Waals surface area (Å²) in [6.07, 6.45) is 92.3. The first kappa shape index (κ1) is 78.8. The molecule has 0 rings (SSSR count). The van der Waals surface area contributed by atoms with E-state index in [4.69, 9.17) is 14.2 Å². The molecule has 0 spiro atoms. The van der Waals surface area contributed by atoms with E-state index in [0.29, 0.717) is 19.3 Å². The van der Waals surface area contributed by atoms with Crippen LogP contribution in [0.4, 0.5) is 0 Å². The summed E-state index contributed by atoms with van der Waals surface area (Å²) >= 11 is 0. The summed E-state index contributed by atoms with van der Waals surface area (Å²) in [4.78, 5) is 38.4. The molecule has 0 bridgehead atoms. The molecule has 476 valence electrons. The molecular weight excluding hydrogens is 1010 g/mol. The number of carbonyl (C=O) groups excluding carboxylic acids is 3. The summed E-state index contributed by atoms with van der Waals surface area (Å²) < 4.78 is 16.9. The molecule has 0 aromatic heterocycles. The fraction of sp³-hybridized carbons (Fsp3) is 0.803. The van der Waals surface area contributed by atoms with E-state index in [9.17, 15) is 14.4 Å². The van der Waals surface area contributed by atoms with Crippen molar-refractivity contribution in [3.63, 3.8) is 0 Å². The SMILES string of the molecule is CCCCC/C=C\C/C=C\C/C=C\CCCCCCCCC(=O)OC(COC(=O)CCCCCCC/C=C\CCCCC)COC(=O)CCCCCCCCCCCCCCCCCCCCCCC/C=C\C/C=C\CCCCCCC. The summed E-state index contributed by atoms with van der Waals surface area (Å²) in [7, 11) is 0. The third-order valence-corrected chi connectivity index (χ3v) is 15.9. The van der Waals surface area contributed by atoms with Crippen LogP contribution < -0.4 is 0 Å². The van der Waals surface area contributed by atoms with E-state index in [2.05, 4.69) is 93.7 Å². The predicted molar refractivity (Wildman–Crippen MR) is 358 cm³/mol. The Morgan fingerprint density at radius 3 is 0.720 bits per heavy atom. The van der Waals surface area contributed by atoms with Gasteiger partial charge in [0.15, 0.2) is 6.10 Å². The standard InChI is InChI=1S/C76H136O6/c1-4-7-10-13-16-19-22-25-27-29-31-32-33-34-35-36-37-38-39-40-41-42-43-44-46-47-49-51-54-57-60-63-66-69-75(78)81-72-73(71-80-74(77)68-65-62-59-56-53-24-21-18-15-12-9-6-3)82-76(79)70-67-64-61-58-55-52-50-48-45-30-28-26-23-20-17-14-11-8-5-2/h17-18,20-22,25-26,28-29,31,45,48,73H,4-16,19,23-24,27,30,32-44,46-47,49-72H2,1-3H3/b20-17-,21-18-,25-22-,28-26-,31-29-,48-45-. The molecule has 82 heavy (non-hydrogen) atoms. The van der Waals surface area contributed by atoms with Crippen molar-refractivity contribution in [3.05, 3.63) is 72.9 Å². The molecule has 0 aromatic carbocycles. The van der Waals surface area contributed by atoms with Gasteiger partial charge in [-0.15, -0.1) is 0 Å². The van der Waals surface area contributed by atoms with E-state index in [1.807, 2.05) is 0 Å². The molecule has 0 radical (unpaired) electrons. The second-order valence-electron chi connectivity index (χ2n) is 24.1. The van der Waals surface area contributed by atoms with E-state index in [1.54, 1.807) is 0 Å². The van der Waals surface area contributed by atoms with Crippen LogP contribution in [-0.2, 0) is 28.6 Å². The minimum absolute atomic E-state index is 0.0800. The van der Waals surface area contributed by atoms with Crippen LogP contribution in [-0.4, -0.2) is 37.2 Å². The molecule has 0 heterocycles. The van der Waals surface area contributed by atoms with E-state index in [1.165, 1.54) is 238 Å². The van der Waals surface area contributed by atoms with Crippen molar-refractivity contribution < 1.29 is 28.6 Å². The van der Waals surface area contributed by atoms with Crippen molar-refractivity contribution in [1.82, 2.24) is 0 Å². The number of ether oxygens (including phenoxy) is 3. The molecule has 0 amide bonds. The molecule has 0 aromatic rings. The van der Waals surface area contributed by atoms with Crippen LogP contribution in [0.5, 0.6) is 0 Å². The van der Waals surface area contributed by atoms with Crippen LogP contribution >= 0.6 is 0 Å². The molecule has 0 aliphatic rings. The largest absolute Gasteiger partial charge is 0.462 e. The van der Waals surface area contributed by atoms with Crippen LogP contribution in [0.2, 0.25) is 0 Å². The minimum atomic E-state index is -0.785. The van der Waals surface area contributed by atoms with E-state index in [-0.39, 0.29) is 31.1 Å². The monoisotopic (exact) mass is 1150 g/mol. The Hall–Kier alpha value is -3.15. The van der Waals surface area contributed by atoms with Gasteiger partial charge in [-0.1, -0.05) is 312 Å². The van der Waals surface area contributed by atoms with Crippen LogP contribution in [0, 0.1) is 0 Å². The molecule has 0 aliphatic heterocycles. The highest BCUT2D eigenvalue weighted by Crippen LogP contribution is 2.18. The van der Waals surface area contributed by atoms with Gasteiger partial charge in [0.1, 0.15) is 13.2 Å². The number of unbranched alkanes of at least 4 members (excludes halogenated alkanes) is 43. The fourth-order valence-electron chi connectivity index (χ4n) is 10.5. The Balaban J connectivity index is 4.15. The molecule has 6 heteroatoms. The van der Waals surface area contributed by atoms with Gasteiger partial charge in [0.05, 0.1) is 0 Å². The number of allylic oxidation sites excluding steroid dienone is 12. The maximum atomic E-state index is 12.9. The first-order valence-electron chi connectivity index (χ1n) is 35.9. The zero-order chi connectivity index (χ0) is 59.2. The van der Waals surface area contributed by atoms with Crippen LogP contribution in [0.1, 0.15) is 374 Å². The summed E-state index contributed by atoms with van der Waals surface area (Å²) in [5, 5.41) is 0. The third-order valence-electron chi connectivity index (χ3n) is 15.9. The molecule has 0 N–H and O–H groups in total. The van der Waals surface area contributed by atoms with Crippen molar-refractivity contribution >= 4 is 17.9 Å². The number of rotatable bonds is 66. The van der Waals surface area contributed by atoms with E-state index >= 15 is 0 Å². The van der Waals surface area contributed by atoms with Crippen LogP contribution in [0.25, 0.3) is 0 Å². The lowest BCUT2D eigenvalue weighted by atomic mass is 10.0. The van der Waals surface area contributed by atoms with Gasteiger partial charge in [-0.25, -0.2) is 0 Å². The van der Waals surface area contributed by atoms with Gasteiger partial charge in [0.2, 0.25) is 0 Å². The van der Waals surface area contributed by atoms with Gasteiger partial charge in [-0.3, -0.25) is 14.4 Å². The van der Waals surface area contributed by atoms with Gasteiger partial charge in [0, 0.05) is 19.3 Å². The van der Waals surface area contributed by atoms with Gasteiger partial charge < -0.3 is 14.2 Å². The molecule has 0 saturated heterocycles. The number of hydrogen-bond acceptors (Lipinski definition) is 6. The fourth-order valence-corrected chi connectivity index (χ4v) is 10.5. The number of carbonyl (C=O) groups is 3. The molecule has 6 nitrogen and oxygen atoms in total. The Kier molecular flexibility index (Phi) is 67.6. The van der Waals surface area contributed by atoms with E-state index in [0.717, 1.165) is 96.3 Å². The minimum Gasteiger partial charge on any atom is -0.462 e. The van der Waals surface area contributed by atoms with Crippen LogP contribution in [0.15, 0.2) is 72.9 Å². The highest BCUT2D eigenvalue weighted by molar-refractivity contribution is 5.71. The predicted octanol–water partition coefficient (Wildman–Crippen LogP) is 24.8. The molecule has 0 aliphatic carbocycles. The average Bonchev–Trinajstić information content (AvgIpc) is 3.47. The summed E-state index contributed by atoms with van der Waals surface area (Å²) in [5.74, 6) is -0.883. The van der Waals surface area contributed by atoms with Crippen molar-refractivity contribution in [2.75, 3.05) is 13.2 Å². The molecule has 1 atom stereocenters. The molecule has 0 fully saturated rings. The third kappa shape index (κ3) is 67.6. The van der Waals surface area contributed by atoms with E-state index < -0.39 is 6.10 Å². The second kappa shape index (κ2) is 70.3. The zero-order valence-corrected chi connectivity index (χ0v) is 54.8. The van der Waals surface area contributed by atoms with Crippen molar-refractivity contribution in [2.24, 2.45) is 0 Å². The Bertz CT molecular complexity index is 1500. The van der Waals surface area contributed by atoms with Crippen molar-refractivity contribution in [3.8, 4) is 0 Å². The zero-order valence-electron chi connectivity index (χ0n) is 54.8. The topological polar surface area (TPSA) is 78.9 Å². The summed E-state index contributed by atoms with van der Waals surface area (Å²) in [6.45, 7) is 6.61. The molecule has 0 saturated carbocycles. The number of hydrogen-bond donors (Lipinski definition) is 0. The van der Waals surface area contributed by atoms with Gasteiger partial charge in [-0.2, -0.15) is 0 Å². The summed E-state index contributed by atoms with van der Waals surface area (Å²) in [6, 6.07) is 0. The Morgan fingerprint density at radius 2 is 0.439 bits per heavy atom. The van der Waals surface area contributed by atoms with Crippen molar-refractivity contribution in [2.45, 2.75) is 380 Å². The maximum Gasteiger partial charge on any atom is 0.306 e. The quantitative estimate of drug-likeness (QED) is 0.0261. The second-order valence-corrected chi connectivity index (χ2v) is 24.1. The van der Waals surface area contributed by atoms with Gasteiger partial charge in [0.25, 0.3) is 0 Å². The maximum absolute atomic E-state index is 12.9. The normalized spacial score (nSPS) is 12.5. The Labute approximate surface area is 510 Å². The highest BCUT2D eigenvalue weighted by atomic mass is 16.6. The smallest absolute Gasteiger partial charge is 0.306 e. The van der Waals surface area contributed by atoms with Crippen LogP contribution in [0.3, 0.4) is 0 Å². The average molecular weight is 1150 g/mol. The lowest BCUT2D eigenvalue weighted by Gasteiger charge is -2.18. The summed E-state index contributed by atoms with van der Waals surface area (Å²) in [5.41, 5.74) is 0. The molecular formula is C76H136O6. The first-order valence-corrected chi connectivity index (χ1v) is 35.9. The highest BCUT2D eigenvalue weighted by Gasteiger charge is 2.19. The lowest BCUT2D eigenvalue weighted by Crippen LogP contribution is -2.30. The van der Waals surface area contributed by atoms with Gasteiger partial charge >= 0.3 is 17.9 Å². The lowest BCUT2D eigenvalue weighted by molar-refractivity contribution is -0.167.